The number of benzene rings is 1. The molecular formula is C13H11F2N3O2. The summed E-state index contributed by atoms with van der Waals surface area (Å²) in [5.74, 6) is -1.85. The molecule has 0 aliphatic heterocycles. The number of hydrogen-bond donors (Lipinski definition) is 2. The van der Waals surface area contributed by atoms with Crippen molar-refractivity contribution >= 4 is 5.84 Å². The van der Waals surface area contributed by atoms with Gasteiger partial charge in [-0.3, -0.25) is 4.79 Å². The van der Waals surface area contributed by atoms with Crippen molar-refractivity contribution in [3.63, 3.8) is 0 Å². The van der Waals surface area contributed by atoms with Gasteiger partial charge in [0.25, 0.3) is 5.56 Å². The summed E-state index contributed by atoms with van der Waals surface area (Å²) < 4.78 is 28.2. The van der Waals surface area contributed by atoms with E-state index in [1.165, 1.54) is 24.4 Å². The quantitative estimate of drug-likeness (QED) is 0.384. The molecule has 0 saturated carbocycles. The first kappa shape index (κ1) is 13.7. The van der Waals surface area contributed by atoms with E-state index in [9.17, 15) is 13.6 Å². The van der Waals surface area contributed by atoms with Crippen LogP contribution in [-0.4, -0.2) is 15.6 Å². The van der Waals surface area contributed by atoms with Gasteiger partial charge in [0, 0.05) is 11.8 Å². The second-order valence-electron chi connectivity index (χ2n) is 4.04. The molecule has 0 bridgehead atoms. The van der Waals surface area contributed by atoms with Crippen molar-refractivity contribution in [3.8, 4) is 0 Å². The molecule has 0 radical (unpaired) electrons. The summed E-state index contributed by atoms with van der Waals surface area (Å²) in [5, 5.41) is 11.3. The van der Waals surface area contributed by atoms with Gasteiger partial charge in [-0.05, 0) is 24.3 Å². The molecule has 5 nitrogen and oxygen atoms in total. The molecule has 104 valence electrons. The maximum absolute atomic E-state index is 13.5. The molecule has 1 aromatic carbocycles. The monoisotopic (exact) mass is 279 g/mol. The number of nitrogens with zero attached hydrogens (tertiary/aromatic N) is 2. The van der Waals surface area contributed by atoms with Crippen molar-refractivity contribution in [2.24, 2.45) is 10.9 Å². The van der Waals surface area contributed by atoms with Crippen LogP contribution in [0.4, 0.5) is 8.78 Å². The Morgan fingerprint density at radius 1 is 1.25 bits per heavy atom. The van der Waals surface area contributed by atoms with Crippen molar-refractivity contribution in [2.45, 2.75) is 6.54 Å². The van der Waals surface area contributed by atoms with Crippen molar-refractivity contribution in [1.82, 2.24) is 4.57 Å². The van der Waals surface area contributed by atoms with E-state index in [0.717, 1.165) is 16.7 Å². The SMILES string of the molecule is N/C(=N/O)c1cccn(Cc2c(F)cccc2F)c1=O. The standard InChI is InChI=1S/C13H11F2N3O2/c14-10-4-1-5-11(15)9(10)7-18-6-2-3-8(13(18)19)12(16)17-20/h1-6,20H,7H2,(H2,16,17). The Kier molecular flexibility index (Phi) is 3.79. The number of amidine groups is 1. The number of pyridine rings is 1. The Balaban J connectivity index is 2.48. The Bertz CT molecular complexity index is 706. The number of hydrogen-bond acceptors (Lipinski definition) is 3. The van der Waals surface area contributed by atoms with Gasteiger partial charge >= 0.3 is 0 Å². The van der Waals surface area contributed by atoms with E-state index in [1.54, 1.807) is 0 Å². The molecule has 0 fully saturated rings. The lowest BCUT2D eigenvalue weighted by molar-refractivity contribution is 0.318. The highest BCUT2D eigenvalue weighted by molar-refractivity contribution is 5.96. The van der Waals surface area contributed by atoms with E-state index in [-0.39, 0.29) is 23.5 Å². The second kappa shape index (κ2) is 5.52. The third kappa shape index (κ3) is 2.51. The molecule has 0 aliphatic rings. The molecule has 20 heavy (non-hydrogen) atoms. The first-order chi connectivity index (χ1) is 9.54. The normalized spacial score (nSPS) is 11.6. The second-order valence-corrected chi connectivity index (χ2v) is 4.04. The number of aromatic nitrogens is 1. The predicted octanol–water partition coefficient (Wildman–Crippen LogP) is 1.27. The predicted molar refractivity (Wildman–Crippen MR) is 68.7 cm³/mol. The molecule has 0 saturated heterocycles. The Morgan fingerprint density at radius 2 is 1.90 bits per heavy atom. The zero-order valence-electron chi connectivity index (χ0n) is 10.3. The first-order valence-electron chi connectivity index (χ1n) is 5.65. The van der Waals surface area contributed by atoms with E-state index in [1.807, 2.05) is 0 Å². The highest BCUT2D eigenvalue weighted by atomic mass is 19.1. The topological polar surface area (TPSA) is 80.6 Å². The Hall–Kier alpha value is -2.70. The fourth-order valence-corrected chi connectivity index (χ4v) is 1.76. The van der Waals surface area contributed by atoms with Crippen LogP contribution >= 0.6 is 0 Å². The van der Waals surface area contributed by atoms with Gasteiger partial charge in [0.1, 0.15) is 11.6 Å². The van der Waals surface area contributed by atoms with Crippen LogP contribution in [-0.2, 0) is 6.54 Å². The average molecular weight is 279 g/mol. The number of oxime groups is 1. The number of halogens is 2. The van der Waals surface area contributed by atoms with E-state index in [0.29, 0.717) is 0 Å². The van der Waals surface area contributed by atoms with Crippen LogP contribution in [0.15, 0.2) is 46.5 Å². The van der Waals surface area contributed by atoms with Crippen molar-refractivity contribution < 1.29 is 14.0 Å². The van der Waals surface area contributed by atoms with Crippen LogP contribution in [0.2, 0.25) is 0 Å². The minimum Gasteiger partial charge on any atom is -0.409 e. The number of rotatable bonds is 3. The van der Waals surface area contributed by atoms with Crippen molar-refractivity contribution in [1.29, 1.82) is 0 Å². The molecule has 2 aromatic rings. The largest absolute Gasteiger partial charge is 0.409 e. The molecule has 2 rings (SSSR count). The van der Waals surface area contributed by atoms with Crippen LogP contribution < -0.4 is 11.3 Å². The Labute approximate surface area is 112 Å². The smallest absolute Gasteiger partial charge is 0.261 e. The van der Waals surface area contributed by atoms with Gasteiger partial charge in [0.15, 0.2) is 5.84 Å². The molecule has 0 aliphatic carbocycles. The minimum atomic E-state index is -0.744. The summed E-state index contributed by atoms with van der Waals surface area (Å²) in [4.78, 5) is 12.0. The molecule has 0 unspecified atom stereocenters. The molecule has 1 heterocycles. The summed E-state index contributed by atoms with van der Waals surface area (Å²) in [5.41, 5.74) is 4.47. The molecular weight excluding hydrogens is 268 g/mol. The van der Waals surface area contributed by atoms with Crippen molar-refractivity contribution in [2.75, 3.05) is 0 Å². The van der Waals surface area contributed by atoms with Gasteiger partial charge in [0.2, 0.25) is 0 Å². The summed E-state index contributed by atoms with van der Waals surface area (Å²) in [6.45, 7) is -0.288. The van der Waals surface area contributed by atoms with Crippen LogP contribution in [0.25, 0.3) is 0 Å². The number of nitrogens with two attached hydrogens (primary N) is 1. The van der Waals surface area contributed by atoms with Crippen molar-refractivity contribution in [3.05, 3.63) is 69.6 Å². The summed E-state index contributed by atoms with van der Waals surface area (Å²) in [6, 6.07) is 6.27. The zero-order valence-corrected chi connectivity index (χ0v) is 10.3. The van der Waals surface area contributed by atoms with Gasteiger partial charge < -0.3 is 15.5 Å². The van der Waals surface area contributed by atoms with Crippen LogP contribution in [0.5, 0.6) is 0 Å². The van der Waals surface area contributed by atoms with Crippen LogP contribution in [0, 0.1) is 11.6 Å². The fraction of sp³-hybridized carbons (Fsp3) is 0.0769. The van der Waals surface area contributed by atoms with Gasteiger partial charge in [-0.1, -0.05) is 11.2 Å². The zero-order chi connectivity index (χ0) is 14.7. The lowest BCUT2D eigenvalue weighted by Crippen LogP contribution is -2.30. The van der Waals surface area contributed by atoms with Crippen LogP contribution in [0.1, 0.15) is 11.1 Å². The molecule has 7 heteroatoms. The van der Waals surface area contributed by atoms with E-state index >= 15 is 0 Å². The summed E-state index contributed by atoms with van der Waals surface area (Å²) in [7, 11) is 0. The van der Waals surface area contributed by atoms with Gasteiger partial charge in [0.05, 0.1) is 12.1 Å². The Morgan fingerprint density at radius 3 is 2.50 bits per heavy atom. The van der Waals surface area contributed by atoms with E-state index in [4.69, 9.17) is 10.9 Å². The fourth-order valence-electron chi connectivity index (χ4n) is 1.76. The van der Waals surface area contributed by atoms with Gasteiger partial charge in [-0.15, -0.1) is 0 Å². The lowest BCUT2D eigenvalue weighted by atomic mass is 10.2. The maximum atomic E-state index is 13.5. The van der Waals surface area contributed by atoms with E-state index < -0.39 is 17.2 Å². The average Bonchev–Trinajstić information content (AvgIpc) is 2.44. The molecule has 3 N–H and O–H groups in total. The summed E-state index contributed by atoms with van der Waals surface area (Å²) in [6.07, 6.45) is 1.36. The molecule has 0 atom stereocenters. The summed E-state index contributed by atoms with van der Waals surface area (Å²) >= 11 is 0. The van der Waals surface area contributed by atoms with Crippen LogP contribution in [0.3, 0.4) is 0 Å². The van der Waals surface area contributed by atoms with E-state index in [2.05, 4.69) is 5.16 Å². The molecule has 0 spiro atoms. The first-order valence-corrected chi connectivity index (χ1v) is 5.65. The third-order valence-corrected chi connectivity index (χ3v) is 2.79. The highest BCUT2D eigenvalue weighted by Gasteiger charge is 2.12. The maximum Gasteiger partial charge on any atom is 0.261 e. The highest BCUT2D eigenvalue weighted by Crippen LogP contribution is 2.12. The molecule has 1 aromatic heterocycles. The molecule has 0 amide bonds. The van der Waals surface area contributed by atoms with Gasteiger partial charge in [-0.2, -0.15) is 0 Å². The van der Waals surface area contributed by atoms with Gasteiger partial charge in [-0.25, -0.2) is 8.78 Å². The third-order valence-electron chi connectivity index (χ3n) is 2.79. The minimum absolute atomic E-state index is 0.0493. The lowest BCUT2D eigenvalue weighted by Gasteiger charge is -2.09.